The van der Waals surface area contributed by atoms with E-state index in [1.54, 1.807) is 0 Å². The summed E-state index contributed by atoms with van der Waals surface area (Å²) in [6.45, 7) is 5.45. The van der Waals surface area contributed by atoms with Gasteiger partial charge in [0.05, 0.1) is 0 Å². The third-order valence-corrected chi connectivity index (χ3v) is 3.56. The highest BCUT2D eigenvalue weighted by atomic mass is 35.5. The zero-order valence-corrected chi connectivity index (χ0v) is 11.4. The fraction of sp³-hybridized carbons (Fsp3) is 0.500. The molecule has 1 amide bonds. The highest BCUT2D eigenvalue weighted by Crippen LogP contribution is 2.15. The van der Waals surface area contributed by atoms with Crippen molar-refractivity contribution in [1.82, 2.24) is 10.2 Å². The van der Waals surface area contributed by atoms with Crippen LogP contribution in [-0.4, -0.2) is 37.0 Å². The zero-order chi connectivity index (χ0) is 13.0. The Kier molecular flexibility index (Phi) is 4.61. The Morgan fingerprint density at radius 1 is 1.33 bits per heavy atom. The molecular formula is C14H19ClN2O. The van der Waals surface area contributed by atoms with Crippen LogP contribution in [0.1, 0.15) is 12.5 Å². The second-order valence-electron chi connectivity index (χ2n) is 4.81. The van der Waals surface area contributed by atoms with Crippen LogP contribution >= 0.6 is 11.6 Å². The van der Waals surface area contributed by atoms with Crippen molar-refractivity contribution in [2.75, 3.05) is 26.2 Å². The molecule has 1 aromatic carbocycles. The predicted octanol–water partition coefficient (Wildman–Crippen LogP) is 1.95. The number of rotatable bonds is 3. The zero-order valence-electron chi connectivity index (χ0n) is 10.7. The molecule has 1 heterocycles. The van der Waals surface area contributed by atoms with Gasteiger partial charge in [0.15, 0.2) is 0 Å². The van der Waals surface area contributed by atoms with Gasteiger partial charge in [-0.05, 0) is 24.1 Å². The summed E-state index contributed by atoms with van der Waals surface area (Å²) in [6.07, 6.45) is 0.778. The highest BCUT2D eigenvalue weighted by Gasteiger charge is 2.21. The Morgan fingerprint density at radius 3 is 2.56 bits per heavy atom. The Labute approximate surface area is 113 Å². The third-order valence-electron chi connectivity index (χ3n) is 3.31. The molecule has 1 atom stereocenters. The molecule has 1 fully saturated rings. The fourth-order valence-electron chi connectivity index (χ4n) is 2.26. The summed E-state index contributed by atoms with van der Waals surface area (Å²) in [7, 11) is 0. The van der Waals surface area contributed by atoms with Gasteiger partial charge in [-0.15, -0.1) is 0 Å². The molecule has 1 unspecified atom stereocenters. The van der Waals surface area contributed by atoms with Crippen molar-refractivity contribution < 1.29 is 4.79 Å². The van der Waals surface area contributed by atoms with Crippen LogP contribution in [0.15, 0.2) is 24.3 Å². The number of halogens is 1. The first-order valence-corrected chi connectivity index (χ1v) is 6.78. The Morgan fingerprint density at radius 2 is 1.94 bits per heavy atom. The first kappa shape index (κ1) is 13.4. The molecule has 2 rings (SSSR count). The van der Waals surface area contributed by atoms with Gasteiger partial charge in [0.1, 0.15) is 0 Å². The molecule has 4 heteroatoms. The van der Waals surface area contributed by atoms with Crippen LogP contribution in [0.4, 0.5) is 0 Å². The van der Waals surface area contributed by atoms with E-state index in [0.717, 1.165) is 43.2 Å². The van der Waals surface area contributed by atoms with E-state index in [-0.39, 0.29) is 11.8 Å². The van der Waals surface area contributed by atoms with Gasteiger partial charge in [-0.1, -0.05) is 30.7 Å². The van der Waals surface area contributed by atoms with Gasteiger partial charge in [-0.25, -0.2) is 0 Å². The first-order valence-electron chi connectivity index (χ1n) is 6.41. The lowest BCUT2D eigenvalue weighted by Crippen LogP contribution is -2.48. The second kappa shape index (κ2) is 6.21. The highest BCUT2D eigenvalue weighted by molar-refractivity contribution is 6.30. The molecule has 0 radical (unpaired) electrons. The summed E-state index contributed by atoms with van der Waals surface area (Å²) in [5.74, 6) is 0.288. The Bertz CT molecular complexity index is 399. The van der Waals surface area contributed by atoms with Crippen LogP contribution in [0, 0.1) is 5.92 Å². The average molecular weight is 267 g/mol. The molecule has 1 N–H and O–H groups in total. The van der Waals surface area contributed by atoms with Gasteiger partial charge in [0.25, 0.3) is 0 Å². The molecule has 0 saturated carbocycles. The molecule has 1 aliphatic rings. The predicted molar refractivity (Wildman–Crippen MR) is 73.8 cm³/mol. The number of amides is 1. The average Bonchev–Trinajstić information content (AvgIpc) is 2.41. The van der Waals surface area contributed by atoms with Crippen molar-refractivity contribution in [2.24, 2.45) is 5.92 Å². The fourth-order valence-corrected chi connectivity index (χ4v) is 2.38. The summed E-state index contributed by atoms with van der Waals surface area (Å²) < 4.78 is 0. The normalized spacial score (nSPS) is 17.6. The number of piperazine rings is 1. The van der Waals surface area contributed by atoms with Crippen LogP contribution in [-0.2, 0) is 11.2 Å². The minimum absolute atomic E-state index is 0.0317. The van der Waals surface area contributed by atoms with Crippen LogP contribution < -0.4 is 5.32 Å². The van der Waals surface area contributed by atoms with Gasteiger partial charge in [-0.3, -0.25) is 4.79 Å². The molecule has 0 aromatic heterocycles. The van der Waals surface area contributed by atoms with Crippen LogP contribution in [0.5, 0.6) is 0 Å². The maximum atomic E-state index is 12.2. The second-order valence-corrected chi connectivity index (χ2v) is 5.24. The lowest BCUT2D eigenvalue weighted by atomic mass is 9.99. The molecule has 98 valence electrons. The number of hydrogen-bond donors (Lipinski definition) is 1. The van der Waals surface area contributed by atoms with Crippen molar-refractivity contribution in [2.45, 2.75) is 13.3 Å². The molecule has 0 aliphatic carbocycles. The molecule has 18 heavy (non-hydrogen) atoms. The van der Waals surface area contributed by atoms with Crippen LogP contribution in [0.2, 0.25) is 5.02 Å². The van der Waals surface area contributed by atoms with E-state index in [2.05, 4.69) is 5.32 Å². The molecule has 0 bridgehead atoms. The summed E-state index contributed by atoms with van der Waals surface area (Å²) in [5, 5.41) is 3.99. The van der Waals surface area contributed by atoms with E-state index in [1.807, 2.05) is 36.1 Å². The quantitative estimate of drug-likeness (QED) is 0.907. The van der Waals surface area contributed by atoms with Gasteiger partial charge in [-0.2, -0.15) is 0 Å². The molecular weight excluding hydrogens is 248 g/mol. The van der Waals surface area contributed by atoms with Crippen molar-refractivity contribution >= 4 is 17.5 Å². The van der Waals surface area contributed by atoms with E-state index >= 15 is 0 Å². The standard InChI is InChI=1S/C14H19ClN2O/c1-11(10-12-2-4-13(15)5-3-12)14(18)17-8-6-16-7-9-17/h2-5,11,16H,6-10H2,1H3. The number of carbonyl (C=O) groups excluding carboxylic acids is 1. The number of benzene rings is 1. The van der Waals surface area contributed by atoms with Gasteiger partial charge < -0.3 is 10.2 Å². The summed E-state index contributed by atoms with van der Waals surface area (Å²) in [5.41, 5.74) is 1.16. The Hall–Kier alpha value is -1.06. The SMILES string of the molecule is CC(Cc1ccc(Cl)cc1)C(=O)N1CCNCC1. The number of nitrogens with zero attached hydrogens (tertiary/aromatic N) is 1. The van der Waals surface area contributed by atoms with Crippen molar-refractivity contribution in [1.29, 1.82) is 0 Å². The van der Waals surface area contributed by atoms with Crippen LogP contribution in [0.25, 0.3) is 0 Å². The summed E-state index contributed by atoms with van der Waals surface area (Å²) >= 11 is 5.85. The molecule has 1 aromatic rings. The number of hydrogen-bond acceptors (Lipinski definition) is 2. The maximum absolute atomic E-state index is 12.2. The topological polar surface area (TPSA) is 32.3 Å². The molecule has 0 spiro atoms. The van der Waals surface area contributed by atoms with E-state index in [0.29, 0.717) is 0 Å². The van der Waals surface area contributed by atoms with E-state index in [4.69, 9.17) is 11.6 Å². The monoisotopic (exact) mass is 266 g/mol. The van der Waals surface area contributed by atoms with E-state index in [9.17, 15) is 4.79 Å². The minimum Gasteiger partial charge on any atom is -0.340 e. The van der Waals surface area contributed by atoms with Gasteiger partial charge >= 0.3 is 0 Å². The van der Waals surface area contributed by atoms with E-state index in [1.165, 1.54) is 0 Å². The lowest BCUT2D eigenvalue weighted by Gasteiger charge is -2.29. The smallest absolute Gasteiger partial charge is 0.225 e. The lowest BCUT2D eigenvalue weighted by molar-refractivity contribution is -0.135. The summed E-state index contributed by atoms with van der Waals surface area (Å²) in [4.78, 5) is 14.2. The molecule has 3 nitrogen and oxygen atoms in total. The minimum atomic E-state index is 0.0317. The summed E-state index contributed by atoms with van der Waals surface area (Å²) in [6, 6.07) is 7.73. The first-order chi connectivity index (χ1) is 8.66. The molecule has 1 saturated heterocycles. The van der Waals surface area contributed by atoms with E-state index < -0.39 is 0 Å². The maximum Gasteiger partial charge on any atom is 0.225 e. The van der Waals surface area contributed by atoms with Crippen molar-refractivity contribution in [3.8, 4) is 0 Å². The van der Waals surface area contributed by atoms with Crippen molar-refractivity contribution in [3.05, 3.63) is 34.9 Å². The Balaban J connectivity index is 1.92. The van der Waals surface area contributed by atoms with Crippen LogP contribution in [0.3, 0.4) is 0 Å². The molecule has 1 aliphatic heterocycles. The largest absolute Gasteiger partial charge is 0.340 e. The van der Waals surface area contributed by atoms with Gasteiger partial charge in [0, 0.05) is 37.1 Å². The van der Waals surface area contributed by atoms with Crippen molar-refractivity contribution in [3.63, 3.8) is 0 Å². The third kappa shape index (κ3) is 3.47. The number of carbonyl (C=O) groups is 1. The van der Waals surface area contributed by atoms with Gasteiger partial charge in [0.2, 0.25) is 5.91 Å². The number of nitrogens with one attached hydrogen (secondary N) is 1.